The summed E-state index contributed by atoms with van der Waals surface area (Å²) in [4.78, 5) is 21.4. The van der Waals surface area contributed by atoms with Gasteiger partial charge in [0.05, 0.1) is 12.7 Å². The van der Waals surface area contributed by atoms with E-state index in [2.05, 4.69) is 4.98 Å². The van der Waals surface area contributed by atoms with Crippen LogP contribution in [0.2, 0.25) is 0 Å². The molecular weight excluding hydrogens is 248 g/mol. The molecular formula is C13H18N2O2S. The van der Waals surface area contributed by atoms with Crippen LogP contribution in [0.25, 0.3) is 0 Å². The summed E-state index contributed by atoms with van der Waals surface area (Å²) in [5.41, 5.74) is 0.624. The summed E-state index contributed by atoms with van der Waals surface area (Å²) < 4.78 is 0. The topological polar surface area (TPSA) is 42.4 Å². The molecule has 1 amide bonds. The van der Waals surface area contributed by atoms with Crippen molar-refractivity contribution in [1.29, 1.82) is 0 Å². The van der Waals surface area contributed by atoms with Crippen molar-refractivity contribution in [3.63, 3.8) is 0 Å². The van der Waals surface area contributed by atoms with Crippen LogP contribution >= 0.6 is 11.8 Å². The molecule has 98 valence electrons. The normalized spacial score (nSPS) is 15.9. The Bertz CT molecular complexity index is 419. The molecule has 0 N–H and O–H groups in total. The number of hydroxylamine groups is 2. The zero-order valence-corrected chi connectivity index (χ0v) is 11.6. The number of rotatable bonds is 4. The summed E-state index contributed by atoms with van der Waals surface area (Å²) in [7, 11) is 3.09. The average Bonchev–Trinajstić information content (AvgIpc) is 2.90. The highest BCUT2D eigenvalue weighted by molar-refractivity contribution is 7.99. The number of nitrogens with zero attached hydrogens (tertiary/aromatic N) is 2. The molecule has 1 aromatic heterocycles. The molecule has 1 aromatic rings. The van der Waals surface area contributed by atoms with Crippen molar-refractivity contribution in [2.45, 2.75) is 36.0 Å². The zero-order chi connectivity index (χ0) is 13.0. The Morgan fingerprint density at radius 2 is 2.22 bits per heavy atom. The monoisotopic (exact) mass is 266 g/mol. The maximum atomic E-state index is 12.1. The third kappa shape index (κ3) is 3.03. The maximum absolute atomic E-state index is 12.1. The molecule has 1 aliphatic rings. The number of pyridine rings is 1. The number of carbonyl (C=O) groups excluding carboxylic acids is 1. The van der Waals surface area contributed by atoms with E-state index in [4.69, 9.17) is 4.84 Å². The Morgan fingerprint density at radius 1 is 1.50 bits per heavy atom. The summed E-state index contributed by atoms with van der Waals surface area (Å²) in [6.45, 7) is 0. The Balaban J connectivity index is 2.16. The van der Waals surface area contributed by atoms with Crippen molar-refractivity contribution < 1.29 is 9.63 Å². The second-order valence-corrected chi connectivity index (χ2v) is 5.65. The van der Waals surface area contributed by atoms with E-state index in [0.29, 0.717) is 10.8 Å². The molecule has 0 aliphatic heterocycles. The lowest BCUT2D eigenvalue weighted by Crippen LogP contribution is -2.26. The summed E-state index contributed by atoms with van der Waals surface area (Å²) in [5.74, 6) is -0.147. The van der Waals surface area contributed by atoms with Gasteiger partial charge < -0.3 is 0 Å². The van der Waals surface area contributed by atoms with Gasteiger partial charge in [0.25, 0.3) is 5.91 Å². The molecule has 4 nitrogen and oxygen atoms in total. The van der Waals surface area contributed by atoms with E-state index >= 15 is 0 Å². The van der Waals surface area contributed by atoms with E-state index in [1.54, 1.807) is 31.1 Å². The lowest BCUT2D eigenvalue weighted by Gasteiger charge is -2.16. The number of carbonyl (C=O) groups is 1. The minimum absolute atomic E-state index is 0.147. The molecule has 1 fully saturated rings. The first-order valence-electron chi connectivity index (χ1n) is 6.16. The number of thioether (sulfide) groups is 1. The largest absolute Gasteiger partial charge is 0.279 e. The number of hydrogen-bond acceptors (Lipinski definition) is 4. The molecule has 1 saturated carbocycles. The highest BCUT2D eigenvalue weighted by Crippen LogP contribution is 2.35. The van der Waals surface area contributed by atoms with Gasteiger partial charge in [-0.1, -0.05) is 12.8 Å². The smallest absolute Gasteiger partial charge is 0.274 e. The summed E-state index contributed by atoms with van der Waals surface area (Å²) >= 11 is 1.72. The van der Waals surface area contributed by atoms with Gasteiger partial charge in [0.1, 0.15) is 5.03 Å². The van der Waals surface area contributed by atoms with Crippen LogP contribution in [-0.2, 0) is 4.84 Å². The van der Waals surface area contributed by atoms with Gasteiger partial charge >= 0.3 is 0 Å². The van der Waals surface area contributed by atoms with Crippen LogP contribution in [0.3, 0.4) is 0 Å². The van der Waals surface area contributed by atoms with E-state index in [1.165, 1.54) is 37.9 Å². The van der Waals surface area contributed by atoms with Gasteiger partial charge in [-0.25, -0.2) is 10.0 Å². The molecule has 0 radical (unpaired) electrons. The first-order valence-corrected chi connectivity index (χ1v) is 7.04. The zero-order valence-electron chi connectivity index (χ0n) is 10.8. The fraction of sp³-hybridized carbons (Fsp3) is 0.538. The van der Waals surface area contributed by atoms with E-state index in [9.17, 15) is 4.79 Å². The lowest BCUT2D eigenvalue weighted by molar-refractivity contribution is -0.0759. The fourth-order valence-electron chi connectivity index (χ4n) is 2.06. The molecule has 1 aliphatic carbocycles. The first kappa shape index (κ1) is 13.4. The lowest BCUT2D eigenvalue weighted by atomic mass is 10.3. The average molecular weight is 266 g/mol. The van der Waals surface area contributed by atoms with E-state index in [-0.39, 0.29) is 5.91 Å². The number of aromatic nitrogens is 1. The quantitative estimate of drug-likeness (QED) is 0.786. The van der Waals surface area contributed by atoms with Crippen molar-refractivity contribution in [1.82, 2.24) is 10.0 Å². The second kappa shape index (κ2) is 6.20. The Hall–Kier alpha value is -1.07. The fourth-order valence-corrected chi connectivity index (χ4v) is 3.35. The molecule has 0 aromatic carbocycles. The molecule has 0 unspecified atom stereocenters. The minimum Gasteiger partial charge on any atom is -0.274 e. The summed E-state index contributed by atoms with van der Waals surface area (Å²) in [6.07, 6.45) is 6.74. The van der Waals surface area contributed by atoms with Crippen LogP contribution in [0.5, 0.6) is 0 Å². The SMILES string of the molecule is CON(C)C(=O)c1cccnc1SC1CCCC1. The van der Waals surface area contributed by atoms with E-state index in [1.807, 2.05) is 6.07 Å². The molecule has 0 saturated heterocycles. The van der Waals surface area contributed by atoms with Gasteiger partial charge in [-0.3, -0.25) is 9.63 Å². The second-order valence-electron chi connectivity index (χ2n) is 4.37. The number of hydrogen-bond donors (Lipinski definition) is 0. The first-order chi connectivity index (χ1) is 8.72. The number of amides is 1. The predicted octanol–water partition coefficient (Wildman–Crippen LogP) is 2.75. The minimum atomic E-state index is -0.147. The standard InChI is InChI=1S/C13H18N2O2S/c1-15(17-2)13(16)11-8-5-9-14-12(11)18-10-6-3-4-7-10/h5,8-10H,3-4,6-7H2,1-2H3. The molecule has 18 heavy (non-hydrogen) atoms. The molecule has 2 rings (SSSR count). The van der Waals surface area contributed by atoms with Gasteiger partial charge in [0.2, 0.25) is 0 Å². The van der Waals surface area contributed by atoms with Gasteiger partial charge in [-0.2, -0.15) is 0 Å². The van der Waals surface area contributed by atoms with Crippen molar-refractivity contribution >= 4 is 17.7 Å². The van der Waals surface area contributed by atoms with Gasteiger partial charge in [-0.15, -0.1) is 11.8 Å². The van der Waals surface area contributed by atoms with Crippen LogP contribution in [0, 0.1) is 0 Å². The molecule has 0 bridgehead atoms. The highest BCUT2D eigenvalue weighted by atomic mass is 32.2. The van der Waals surface area contributed by atoms with Crippen molar-refractivity contribution in [3.8, 4) is 0 Å². The predicted molar refractivity (Wildman–Crippen MR) is 71.5 cm³/mol. The summed E-state index contributed by atoms with van der Waals surface area (Å²) in [5, 5.41) is 2.65. The Labute approximate surface area is 112 Å². The van der Waals surface area contributed by atoms with Crippen LogP contribution < -0.4 is 0 Å². The van der Waals surface area contributed by atoms with Gasteiger partial charge in [-0.05, 0) is 25.0 Å². The molecule has 0 spiro atoms. The van der Waals surface area contributed by atoms with Crippen molar-refractivity contribution in [2.24, 2.45) is 0 Å². The van der Waals surface area contributed by atoms with Crippen LogP contribution in [0.15, 0.2) is 23.4 Å². The van der Waals surface area contributed by atoms with E-state index in [0.717, 1.165) is 5.03 Å². The molecule has 0 atom stereocenters. The Morgan fingerprint density at radius 3 is 2.89 bits per heavy atom. The maximum Gasteiger partial charge on any atom is 0.279 e. The molecule has 1 heterocycles. The van der Waals surface area contributed by atoms with Crippen LogP contribution in [-0.4, -0.2) is 35.4 Å². The third-order valence-electron chi connectivity index (χ3n) is 3.14. The highest BCUT2D eigenvalue weighted by Gasteiger charge is 2.22. The summed E-state index contributed by atoms with van der Waals surface area (Å²) in [6, 6.07) is 3.59. The van der Waals surface area contributed by atoms with Gasteiger partial charge in [0.15, 0.2) is 0 Å². The Kier molecular flexibility index (Phi) is 4.60. The third-order valence-corrected chi connectivity index (χ3v) is 4.50. The van der Waals surface area contributed by atoms with Crippen LogP contribution in [0.1, 0.15) is 36.0 Å². The van der Waals surface area contributed by atoms with E-state index < -0.39 is 0 Å². The van der Waals surface area contributed by atoms with Crippen molar-refractivity contribution in [2.75, 3.05) is 14.2 Å². The van der Waals surface area contributed by atoms with Gasteiger partial charge in [0, 0.05) is 18.5 Å². The van der Waals surface area contributed by atoms with Crippen molar-refractivity contribution in [3.05, 3.63) is 23.9 Å². The van der Waals surface area contributed by atoms with Crippen LogP contribution in [0.4, 0.5) is 0 Å². The molecule has 5 heteroatoms.